The number of ether oxygens (including phenoxy) is 1. The lowest BCUT2D eigenvalue weighted by Gasteiger charge is -2.18. The normalized spacial score (nSPS) is 16.8. The van der Waals surface area contributed by atoms with E-state index in [0.29, 0.717) is 18.7 Å². The van der Waals surface area contributed by atoms with Crippen LogP contribution >= 0.6 is 0 Å². The third kappa shape index (κ3) is 5.10. The minimum absolute atomic E-state index is 0.128. The van der Waals surface area contributed by atoms with Gasteiger partial charge in [0, 0.05) is 24.1 Å². The molecule has 3 aromatic rings. The third-order valence-corrected chi connectivity index (χ3v) is 4.95. The smallest absolute Gasteiger partial charge is 0.471 e. The summed E-state index contributed by atoms with van der Waals surface area (Å²) in [5.74, 6) is -1.80. The number of likely N-dealkylation sites (tertiary alicyclic amines) is 1. The average molecular weight is 471 g/mol. The van der Waals surface area contributed by atoms with Crippen molar-refractivity contribution in [3.8, 4) is 17.1 Å². The summed E-state index contributed by atoms with van der Waals surface area (Å²) >= 11 is 0. The molecule has 1 saturated heterocycles. The Bertz CT molecular complexity index is 1140. The molecule has 33 heavy (non-hydrogen) atoms. The molecular formula is C21H15F6N3O3. The molecule has 174 valence electrons. The zero-order chi connectivity index (χ0) is 23.8. The van der Waals surface area contributed by atoms with Gasteiger partial charge in [-0.2, -0.15) is 31.3 Å². The van der Waals surface area contributed by atoms with Crippen LogP contribution in [0.15, 0.2) is 53.1 Å². The molecule has 1 aromatic heterocycles. The van der Waals surface area contributed by atoms with Crippen molar-refractivity contribution in [2.24, 2.45) is 0 Å². The van der Waals surface area contributed by atoms with Gasteiger partial charge in [0.1, 0.15) is 11.9 Å². The first-order valence-electron chi connectivity index (χ1n) is 9.65. The van der Waals surface area contributed by atoms with Crippen LogP contribution in [0.25, 0.3) is 11.4 Å². The summed E-state index contributed by atoms with van der Waals surface area (Å²) < 4.78 is 86.1. The fraction of sp³-hybridized carbons (Fsp3) is 0.286. The van der Waals surface area contributed by atoms with Crippen molar-refractivity contribution in [2.75, 3.05) is 13.1 Å². The lowest BCUT2D eigenvalue weighted by molar-refractivity contribution is -0.159. The van der Waals surface area contributed by atoms with Crippen LogP contribution in [-0.4, -0.2) is 40.1 Å². The number of amides is 1. The van der Waals surface area contributed by atoms with Gasteiger partial charge in [-0.3, -0.25) is 4.79 Å². The van der Waals surface area contributed by atoms with Crippen LogP contribution in [0.5, 0.6) is 5.75 Å². The molecule has 0 N–H and O–H groups in total. The highest BCUT2D eigenvalue weighted by Gasteiger charge is 2.38. The van der Waals surface area contributed by atoms with E-state index in [1.54, 1.807) is 12.1 Å². The molecule has 0 unspecified atom stereocenters. The molecule has 2 aromatic carbocycles. The molecule has 1 aliphatic rings. The molecule has 0 saturated carbocycles. The van der Waals surface area contributed by atoms with Crippen LogP contribution in [0.2, 0.25) is 0 Å². The van der Waals surface area contributed by atoms with Gasteiger partial charge in [-0.05, 0) is 36.4 Å². The SMILES string of the molecule is O=C(c1ccc(C(F)(F)F)cc1)N1CC[C@@H](Oc2cccc(-c3noc(C(F)(F)F)n3)c2)C1. The lowest BCUT2D eigenvalue weighted by Crippen LogP contribution is -2.31. The fourth-order valence-corrected chi connectivity index (χ4v) is 3.35. The van der Waals surface area contributed by atoms with Crippen LogP contribution in [0.1, 0.15) is 28.2 Å². The van der Waals surface area contributed by atoms with E-state index < -0.39 is 35.8 Å². The Labute approximate surface area is 182 Å². The van der Waals surface area contributed by atoms with E-state index in [4.69, 9.17) is 4.74 Å². The summed E-state index contributed by atoms with van der Waals surface area (Å²) in [6.45, 7) is 0.536. The Morgan fingerprint density at radius 1 is 1.03 bits per heavy atom. The van der Waals surface area contributed by atoms with E-state index in [9.17, 15) is 31.1 Å². The number of hydrogen-bond donors (Lipinski definition) is 0. The Balaban J connectivity index is 1.40. The highest BCUT2D eigenvalue weighted by Crippen LogP contribution is 2.31. The highest BCUT2D eigenvalue weighted by atomic mass is 19.4. The van der Waals surface area contributed by atoms with Crippen LogP contribution in [0.4, 0.5) is 26.3 Å². The molecule has 4 rings (SSSR count). The van der Waals surface area contributed by atoms with E-state index >= 15 is 0 Å². The number of hydrogen-bond acceptors (Lipinski definition) is 5. The summed E-state index contributed by atoms with van der Waals surface area (Å²) in [7, 11) is 0. The van der Waals surface area contributed by atoms with E-state index in [1.807, 2.05) is 0 Å². The molecule has 2 heterocycles. The van der Waals surface area contributed by atoms with Crippen molar-refractivity contribution in [1.29, 1.82) is 0 Å². The van der Waals surface area contributed by atoms with E-state index in [0.717, 1.165) is 24.3 Å². The largest absolute Gasteiger partial charge is 0.488 e. The zero-order valence-corrected chi connectivity index (χ0v) is 16.7. The molecular weight excluding hydrogens is 456 g/mol. The van der Waals surface area contributed by atoms with E-state index in [2.05, 4.69) is 14.7 Å². The highest BCUT2D eigenvalue weighted by molar-refractivity contribution is 5.94. The average Bonchev–Trinajstić information content (AvgIpc) is 3.43. The predicted octanol–water partition coefficient (Wildman–Crippen LogP) is 5.07. The Morgan fingerprint density at radius 2 is 1.76 bits per heavy atom. The van der Waals surface area contributed by atoms with Gasteiger partial charge in [0.15, 0.2) is 0 Å². The lowest BCUT2D eigenvalue weighted by atomic mass is 10.1. The topological polar surface area (TPSA) is 68.5 Å². The van der Waals surface area contributed by atoms with Crippen molar-refractivity contribution >= 4 is 5.91 Å². The molecule has 0 bridgehead atoms. The summed E-state index contributed by atoms with van der Waals surface area (Å²) in [6.07, 6.45) is -9.18. The van der Waals surface area contributed by atoms with Crippen molar-refractivity contribution in [3.63, 3.8) is 0 Å². The van der Waals surface area contributed by atoms with Crippen molar-refractivity contribution < 1.29 is 40.4 Å². The molecule has 1 atom stereocenters. The molecule has 12 heteroatoms. The van der Waals surface area contributed by atoms with Gasteiger partial charge in [-0.1, -0.05) is 17.3 Å². The fourth-order valence-electron chi connectivity index (χ4n) is 3.35. The van der Waals surface area contributed by atoms with Gasteiger partial charge >= 0.3 is 18.2 Å². The first-order chi connectivity index (χ1) is 15.5. The Kier molecular flexibility index (Phi) is 5.76. The van der Waals surface area contributed by atoms with E-state index in [1.165, 1.54) is 17.0 Å². The first kappa shape index (κ1) is 22.6. The zero-order valence-electron chi connectivity index (χ0n) is 16.7. The monoisotopic (exact) mass is 471 g/mol. The van der Waals surface area contributed by atoms with Crippen molar-refractivity contribution in [1.82, 2.24) is 15.0 Å². The number of aromatic nitrogens is 2. The predicted molar refractivity (Wildman–Crippen MR) is 101 cm³/mol. The summed E-state index contributed by atoms with van der Waals surface area (Å²) in [6, 6.07) is 10.0. The molecule has 1 amide bonds. The van der Waals surface area contributed by atoms with Gasteiger partial charge in [-0.25, -0.2) is 0 Å². The van der Waals surface area contributed by atoms with Gasteiger partial charge in [-0.15, -0.1) is 0 Å². The Hall–Kier alpha value is -3.57. The number of rotatable bonds is 4. The minimum atomic E-state index is -4.76. The van der Waals surface area contributed by atoms with Crippen molar-refractivity contribution in [2.45, 2.75) is 24.9 Å². The van der Waals surface area contributed by atoms with Crippen LogP contribution < -0.4 is 4.74 Å². The molecule has 0 aliphatic carbocycles. The summed E-state index contributed by atoms with van der Waals surface area (Å²) in [4.78, 5) is 17.4. The molecule has 1 fully saturated rings. The molecule has 0 spiro atoms. The van der Waals surface area contributed by atoms with Gasteiger partial charge in [0.25, 0.3) is 5.91 Å². The number of alkyl halides is 6. The quantitative estimate of drug-likeness (QED) is 0.498. The minimum Gasteiger partial charge on any atom is -0.488 e. The Morgan fingerprint density at radius 3 is 2.39 bits per heavy atom. The maximum absolute atomic E-state index is 12.7. The van der Waals surface area contributed by atoms with Gasteiger partial charge in [0.2, 0.25) is 5.82 Å². The first-order valence-corrected chi connectivity index (χ1v) is 9.65. The van der Waals surface area contributed by atoms with Crippen molar-refractivity contribution in [3.05, 3.63) is 65.5 Å². The second-order valence-electron chi connectivity index (χ2n) is 7.30. The van der Waals surface area contributed by atoms with Crippen LogP contribution in [-0.2, 0) is 12.4 Å². The molecule has 1 aliphatic heterocycles. The summed E-state index contributed by atoms with van der Waals surface area (Å²) in [5, 5.41) is 3.33. The number of nitrogens with zero attached hydrogens (tertiary/aromatic N) is 3. The number of halogens is 6. The maximum Gasteiger partial charge on any atom is 0.471 e. The van der Waals surface area contributed by atoms with Gasteiger partial charge < -0.3 is 14.2 Å². The van der Waals surface area contributed by atoms with Gasteiger partial charge in [0.05, 0.1) is 12.1 Å². The number of carbonyl (C=O) groups is 1. The maximum atomic E-state index is 12.7. The second kappa shape index (κ2) is 8.41. The number of carbonyl (C=O) groups excluding carboxylic acids is 1. The standard InChI is InChI=1S/C21H15F6N3O3/c22-20(23,24)14-6-4-12(5-7-14)18(31)30-9-8-16(11-30)32-15-3-1-2-13(10-15)17-28-19(33-29-17)21(25,26)27/h1-7,10,16H,8-9,11H2/t16-/m1/s1. The van der Waals surface area contributed by atoms with Crippen LogP contribution in [0.3, 0.4) is 0 Å². The number of benzene rings is 2. The van der Waals surface area contributed by atoms with Crippen LogP contribution in [0, 0.1) is 0 Å². The summed E-state index contributed by atoms with van der Waals surface area (Å²) in [5.41, 5.74) is -0.462. The third-order valence-electron chi connectivity index (χ3n) is 4.95. The van der Waals surface area contributed by atoms with E-state index in [-0.39, 0.29) is 23.5 Å². The molecule has 0 radical (unpaired) electrons. The second-order valence-corrected chi connectivity index (χ2v) is 7.30. The molecule has 6 nitrogen and oxygen atoms in total.